The monoisotopic (exact) mass is 352 g/mol. The minimum Gasteiger partial charge on any atom is -0.505 e. The Balaban J connectivity index is 2.02. The third-order valence-corrected chi connectivity index (χ3v) is 4.15. The Morgan fingerprint density at radius 1 is 1.20 bits per heavy atom. The highest BCUT2D eigenvalue weighted by Gasteiger charge is 2.42. The number of pyridine rings is 1. The predicted molar refractivity (Wildman–Crippen MR) is 81.7 cm³/mol. The normalized spacial score (nSPS) is 20.7. The first-order chi connectivity index (χ1) is 11.8. The Morgan fingerprint density at radius 3 is 2.60 bits per heavy atom. The number of aromatic hydroxyl groups is 1. The van der Waals surface area contributed by atoms with Crippen LogP contribution in [0.1, 0.15) is 34.1 Å². The largest absolute Gasteiger partial charge is 0.505 e. The second-order valence-corrected chi connectivity index (χ2v) is 5.82. The van der Waals surface area contributed by atoms with Gasteiger partial charge in [-0.05, 0) is 30.2 Å². The molecule has 8 heteroatoms. The highest BCUT2D eigenvalue weighted by Crippen LogP contribution is 2.41. The van der Waals surface area contributed by atoms with Crippen LogP contribution in [0.25, 0.3) is 0 Å². The number of carbonyl (C=O) groups excluding carboxylic acids is 1. The predicted octanol–water partition coefficient (Wildman–Crippen LogP) is 2.75. The van der Waals surface area contributed by atoms with E-state index in [0.717, 1.165) is 11.0 Å². The van der Waals surface area contributed by atoms with E-state index in [0.29, 0.717) is 0 Å². The van der Waals surface area contributed by atoms with Gasteiger partial charge in [0.1, 0.15) is 5.75 Å². The molecule has 3 rings (SSSR count). The highest BCUT2D eigenvalue weighted by atomic mass is 19.4. The maximum Gasteiger partial charge on any atom is 0.416 e. The fourth-order valence-corrected chi connectivity index (χ4v) is 3.08. The zero-order chi connectivity index (χ0) is 18.2. The van der Waals surface area contributed by atoms with Crippen LogP contribution in [0.3, 0.4) is 0 Å². The second-order valence-electron chi connectivity index (χ2n) is 5.82. The number of halogens is 3. The summed E-state index contributed by atoms with van der Waals surface area (Å²) in [5.74, 6) is -1.09. The molecule has 5 nitrogen and oxygen atoms in total. The summed E-state index contributed by atoms with van der Waals surface area (Å²) in [6.45, 7) is -0.133. The van der Waals surface area contributed by atoms with Crippen LogP contribution in [-0.2, 0) is 6.18 Å². The Labute approximate surface area is 141 Å². The number of hydrogen-bond donors (Lipinski definition) is 2. The smallest absolute Gasteiger partial charge is 0.416 e. The lowest BCUT2D eigenvalue weighted by atomic mass is 9.97. The molecule has 1 aromatic carbocycles. The van der Waals surface area contributed by atoms with Crippen molar-refractivity contribution in [3.8, 4) is 5.75 Å². The number of likely N-dealkylation sites (tertiary alicyclic amines) is 1. The molecule has 0 spiro atoms. The summed E-state index contributed by atoms with van der Waals surface area (Å²) < 4.78 is 39.9. The van der Waals surface area contributed by atoms with Crippen molar-refractivity contribution in [2.45, 2.75) is 24.7 Å². The lowest BCUT2D eigenvalue weighted by Crippen LogP contribution is -2.33. The Hall–Kier alpha value is -2.61. The average Bonchev–Trinajstić information content (AvgIpc) is 2.96. The number of carbonyl (C=O) groups is 1. The molecule has 0 radical (unpaired) electrons. The fraction of sp³-hybridized carbons (Fsp3) is 0.294. The fourth-order valence-electron chi connectivity index (χ4n) is 3.08. The van der Waals surface area contributed by atoms with E-state index in [1.807, 2.05) is 0 Å². The van der Waals surface area contributed by atoms with Crippen molar-refractivity contribution in [1.29, 1.82) is 0 Å². The zero-order valence-corrected chi connectivity index (χ0v) is 12.9. The van der Waals surface area contributed by atoms with Crippen molar-refractivity contribution in [3.63, 3.8) is 0 Å². The molecule has 1 saturated heterocycles. The molecule has 25 heavy (non-hydrogen) atoms. The standard InChI is InChI=1S/C17H15F3N2O3/c18-17(19,20)12-5-2-1-4-11(12)13-8-10(23)9-22(13)16(25)15-14(24)6-3-7-21-15/h1-7,10,13,23-24H,8-9H2/t10-,13-/m1/s1. The van der Waals surface area contributed by atoms with Gasteiger partial charge in [-0.2, -0.15) is 13.2 Å². The highest BCUT2D eigenvalue weighted by molar-refractivity contribution is 5.95. The van der Waals surface area contributed by atoms with Crippen molar-refractivity contribution < 1.29 is 28.2 Å². The molecule has 1 amide bonds. The van der Waals surface area contributed by atoms with Gasteiger partial charge in [-0.25, -0.2) is 4.98 Å². The van der Waals surface area contributed by atoms with Crippen LogP contribution in [0, 0.1) is 0 Å². The summed E-state index contributed by atoms with van der Waals surface area (Å²) >= 11 is 0. The summed E-state index contributed by atoms with van der Waals surface area (Å²) in [6, 6.07) is 6.71. The topological polar surface area (TPSA) is 73.7 Å². The molecule has 132 valence electrons. The maximum atomic E-state index is 13.3. The van der Waals surface area contributed by atoms with E-state index < -0.39 is 29.8 Å². The van der Waals surface area contributed by atoms with E-state index in [1.54, 1.807) is 0 Å². The summed E-state index contributed by atoms with van der Waals surface area (Å²) in [5.41, 5.74) is -1.20. The SMILES string of the molecule is O=C(c1ncccc1O)N1C[C@H](O)C[C@@H]1c1ccccc1C(F)(F)F. The molecule has 0 bridgehead atoms. The van der Waals surface area contributed by atoms with E-state index >= 15 is 0 Å². The van der Waals surface area contributed by atoms with Gasteiger partial charge in [-0.1, -0.05) is 18.2 Å². The van der Waals surface area contributed by atoms with Gasteiger partial charge < -0.3 is 15.1 Å². The molecule has 1 aliphatic rings. The molecule has 0 saturated carbocycles. The van der Waals surface area contributed by atoms with E-state index in [2.05, 4.69) is 4.98 Å². The minimum absolute atomic E-state index is 0.0214. The number of benzene rings is 1. The van der Waals surface area contributed by atoms with Crippen LogP contribution >= 0.6 is 0 Å². The first-order valence-electron chi connectivity index (χ1n) is 7.58. The van der Waals surface area contributed by atoms with E-state index in [1.165, 1.54) is 36.5 Å². The number of rotatable bonds is 2. The Bertz CT molecular complexity index is 795. The molecular formula is C17H15F3N2O3. The van der Waals surface area contributed by atoms with E-state index in [9.17, 15) is 28.2 Å². The molecule has 2 heterocycles. The van der Waals surface area contributed by atoms with Gasteiger partial charge in [-0.3, -0.25) is 4.79 Å². The van der Waals surface area contributed by atoms with Crippen molar-refractivity contribution in [2.24, 2.45) is 0 Å². The van der Waals surface area contributed by atoms with Gasteiger partial charge in [0.2, 0.25) is 0 Å². The van der Waals surface area contributed by atoms with Crippen LogP contribution in [0.4, 0.5) is 13.2 Å². The van der Waals surface area contributed by atoms with Crippen LogP contribution in [-0.4, -0.2) is 38.7 Å². The molecule has 2 aromatic rings. The number of nitrogens with zero attached hydrogens (tertiary/aromatic N) is 2. The number of aromatic nitrogens is 1. The molecular weight excluding hydrogens is 337 g/mol. The molecule has 1 aromatic heterocycles. The third kappa shape index (κ3) is 3.30. The van der Waals surface area contributed by atoms with E-state index in [4.69, 9.17) is 0 Å². The van der Waals surface area contributed by atoms with Crippen molar-refractivity contribution in [3.05, 3.63) is 59.4 Å². The van der Waals surface area contributed by atoms with Crippen LogP contribution < -0.4 is 0 Å². The lowest BCUT2D eigenvalue weighted by Gasteiger charge is -2.27. The minimum atomic E-state index is -4.58. The molecule has 1 aliphatic heterocycles. The first kappa shape index (κ1) is 17.2. The van der Waals surface area contributed by atoms with Gasteiger partial charge in [0, 0.05) is 12.7 Å². The number of hydrogen-bond acceptors (Lipinski definition) is 4. The van der Waals surface area contributed by atoms with Gasteiger partial charge in [0.05, 0.1) is 17.7 Å². The average molecular weight is 352 g/mol. The van der Waals surface area contributed by atoms with Gasteiger partial charge >= 0.3 is 6.18 Å². The molecule has 0 aliphatic carbocycles. The van der Waals surface area contributed by atoms with E-state index in [-0.39, 0.29) is 30.0 Å². The Morgan fingerprint density at radius 2 is 1.92 bits per heavy atom. The summed E-state index contributed by atoms with van der Waals surface area (Å²) in [7, 11) is 0. The van der Waals surface area contributed by atoms with Gasteiger partial charge in [-0.15, -0.1) is 0 Å². The molecule has 0 unspecified atom stereocenters. The second kappa shape index (κ2) is 6.36. The van der Waals surface area contributed by atoms with Crippen molar-refractivity contribution in [1.82, 2.24) is 9.88 Å². The number of aliphatic hydroxyl groups is 1. The number of amides is 1. The molecule has 1 fully saturated rings. The quantitative estimate of drug-likeness (QED) is 0.872. The summed E-state index contributed by atoms with van der Waals surface area (Å²) in [5, 5.41) is 19.7. The lowest BCUT2D eigenvalue weighted by molar-refractivity contribution is -0.138. The first-order valence-corrected chi connectivity index (χ1v) is 7.58. The molecule has 2 N–H and O–H groups in total. The van der Waals surface area contributed by atoms with Gasteiger partial charge in [0.15, 0.2) is 5.69 Å². The number of aliphatic hydroxyl groups excluding tert-OH is 1. The summed E-state index contributed by atoms with van der Waals surface area (Å²) in [4.78, 5) is 17.6. The van der Waals surface area contributed by atoms with Crippen molar-refractivity contribution in [2.75, 3.05) is 6.54 Å². The molecule has 2 atom stereocenters. The maximum absolute atomic E-state index is 13.3. The van der Waals surface area contributed by atoms with Crippen LogP contribution in [0.2, 0.25) is 0 Å². The number of β-amino-alcohol motifs (C(OH)–C–C–N with tert-alkyl or cyclic N) is 1. The van der Waals surface area contributed by atoms with Crippen LogP contribution in [0.5, 0.6) is 5.75 Å². The van der Waals surface area contributed by atoms with Crippen LogP contribution in [0.15, 0.2) is 42.6 Å². The number of alkyl halides is 3. The Kier molecular flexibility index (Phi) is 4.38. The van der Waals surface area contributed by atoms with Crippen molar-refractivity contribution >= 4 is 5.91 Å². The zero-order valence-electron chi connectivity index (χ0n) is 12.9. The third-order valence-electron chi connectivity index (χ3n) is 4.15. The van der Waals surface area contributed by atoms with Gasteiger partial charge in [0.25, 0.3) is 5.91 Å². The summed E-state index contributed by atoms with van der Waals surface area (Å²) in [6.07, 6.45) is -4.25.